The van der Waals surface area contributed by atoms with Crippen LogP contribution in [0.3, 0.4) is 0 Å². The predicted octanol–water partition coefficient (Wildman–Crippen LogP) is 3.41. The number of carbonyl (C=O) groups excluding carboxylic acids is 2. The van der Waals surface area contributed by atoms with Crippen LogP contribution in [-0.2, 0) is 4.79 Å². The smallest absolute Gasteiger partial charge is 0.287 e. The molecule has 0 aliphatic rings. The van der Waals surface area contributed by atoms with E-state index >= 15 is 0 Å². The Kier molecular flexibility index (Phi) is 6.95. The van der Waals surface area contributed by atoms with E-state index in [0.29, 0.717) is 11.3 Å². The molecule has 0 fully saturated rings. The van der Waals surface area contributed by atoms with Crippen molar-refractivity contribution >= 4 is 29.8 Å². The molecule has 0 saturated heterocycles. The first-order chi connectivity index (χ1) is 14.9. The molecule has 0 bridgehead atoms. The molecule has 3 aromatic rings. The number of amides is 2. The van der Waals surface area contributed by atoms with Crippen LogP contribution >= 0.6 is 0 Å². The van der Waals surface area contributed by atoms with Crippen molar-refractivity contribution < 1.29 is 18.4 Å². The Labute approximate surface area is 178 Å². The van der Waals surface area contributed by atoms with Crippen LogP contribution in [0.4, 0.5) is 10.1 Å². The van der Waals surface area contributed by atoms with Crippen LogP contribution in [-0.4, -0.2) is 32.1 Å². The molecule has 0 spiro atoms. The summed E-state index contributed by atoms with van der Waals surface area (Å²) < 4.78 is 18.6. The summed E-state index contributed by atoms with van der Waals surface area (Å²) in [5, 5.41) is 6.36. The molecule has 1 heterocycles. The van der Waals surface area contributed by atoms with Crippen LogP contribution in [0, 0.1) is 5.82 Å². The average molecular weight is 420 g/mol. The van der Waals surface area contributed by atoms with Crippen molar-refractivity contribution in [1.82, 2.24) is 10.7 Å². The lowest BCUT2D eigenvalue weighted by Crippen LogP contribution is -2.32. The number of benzene rings is 2. The van der Waals surface area contributed by atoms with Crippen molar-refractivity contribution in [2.45, 2.75) is 0 Å². The molecule has 2 N–H and O–H groups in total. The number of hydrogen-bond acceptors (Lipinski definition) is 5. The second-order valence-electron chi connectivity index (χ2n) is 6.72. The number of carbonyl (C=O) groups is 2. The minimum atomic E-state index is -0.649. The van der Waals surface area contributed by atoms with Crippen molar-refractivity contribution in [3.8, 4) is 0 Å². The lowest BCUT2D eigenvalue weighted by Gasteiger charge is -2.12. The molecule has 2 aromatic carbocycles. The van der Waals surface area contributed by atoms with Gasteiger partial charge in [-0.2, -0.15) is 5.10 Å². The van der Waals surface area contributed by atoms with Crippen LogP contribution in [0.15, 0.2) is 82.1 Å². The van der Waals surface area contributed by atoms with Gasteiger partial charge in [-0.1, -0.05) is 18.2 Å². The summed E-state index contributed by atoms with van der Waals surface area (Å²) in [5.74, 6) is -1.37. The van der Waals surface area contributed by atoms with Gasteiger partial charge in [0.25, 0.3) is 11.8 Å². The van der Waals surface area contributed by atoms with E-state index in [-0.39, 0.29) is 11.3 Å². The first-order valence-corrected chi connectivity index (χ1v) is 9.35. The number of rotatable bonds is 7. The van der Waals surface area contributed by atoms with Gasteiger partial charge in [-0.15, -0.1) is 0 Å². The van der Waals surface area contributed by atoms with E-state index in [1.807, 2.05) is 43.3 Å². The lowest BCUT2D eigenvalue weighted by atomic mass is 10.1. The van der Waals surface area contributed by atoms with Gasteiger partial charge in [-0.3, -0.25) is 9.59 Å². The number of nitrogens with one attached hydrogen (secondary N) is 2. The van der Waals surface area contributed by atoms with Gasteiger partial charge in [0.2, 0.25) is 0 Å². The molecule has 8 heteroatoms. The Morgan fingerprint density at radius 3 is 2.48 bits per heavy atom. The Morgan fingerprint density at radius 2 is 1.84 bits per heavy atom. The Morgan fingerprint density at radius 1 is 1.06 bits per heavy atom. The van der Waals surface area contributed by atoms with E-state index in [1.165, 1.54) is 36.8 Å². The minimum absolute atomic E-state index is 0.0524. The zero-order chi connectivity index (χ0) is 22.2. The average Bonchev–Trinajstić information content (AvgIpc) is 3.27. The van der Waals surface area contributed by atoms with E-state index in [4.69, 9.17) is 4.42 Å². The van der Waals surface area contributed by atoms with Gasteiger partial charge < -0.3 is 14.6 Å². The van der Waals surface area contributed by atoms with Crippen LogP contribution in [0.1, 0.15) is 21.7 Å². The zero-order valence-electron chi connectivity index (χ0n) is 17.0. The number of furan rings is 1. The largest absolute Gasteiger partial charge is 0.463 e. The normalized spacial score (nSPS) is 11.4. The van der Waals surface area contributed by atoms with Gasteiger partial charge in [0, 0.05) is 25.3 Å². The van der Waals surface area contributed by atoms with E-state index in [9.17, 15) is 14.0 Å². The van der Waals surface area contributed by atoms with Crippen LogP contribution in [0.2, 0.25) is 0 Å². The fraction of sp³-hybridized carbons (Fsp3) is 0.0870. The SMILES string of the molecule is CN(C)c1ccc(C=C(NC(=O)c2cccc(F)c2)C(=O)NN=Cc2ccco2)cc1. The first kappa shape index (κ1) is 21.5. The molecule has 3 rings (SSSR count). The number of hydrazone groups is 1. The Balaban J connectivity index is 1.83. The van der Waals surface area contributed by atoms with Crippen molar-refractivity contribution in [3.63, 3.8) is 0 Å². The van der Waals surface area contributed by atoms with Crippen molar-refractivity contribution in [3.05, 3.63) is 95.3 Å². The van der Waals surface area contributed by atoms with Crippen molar-refractivity contribution in [1.29, 1.82) is 0 Å². The third-order valence-corrected chi connectivity index (χ3v) is 4.20. The lowest BCUT2D eigenvalue weighted by molar-refractivity contribution is -0.117. The molecule has 0 unspecified atom stereocenters. The zero-order valence-corrected chi connectivity index (χ0v) is 17.0. The highest BCUT2D eigenvalue weighted by molar-refractivity contribution is 6.05. The fourth-order valence-corrected chi connectivity index (χ4v) is 2.60. The van der Waals surface area contributed by atoms with Crippen LogP contribution < -0.4 is 15.6 Å². The third-order valence-electron chi connectivity index (χ3n) is 4.20. The highest BCUT2D eigenvalue weighted by Gasteiger charge is 2.15. The molecule has 2 amide bonds. The monoisotopic (exact) mass is 420 g/mol. The van der Waals surface area contributed by atoms with Crippen LogP contribution in [0.25, 0.3) is 6.08 Å². The van der Waals surface area contributed by atoms with Gasteiger partial charge in [0.15, 0.2) is 0 Å². The predicted molar refractivity (Wildman–Crippen MR) is 117 cm³/mol. The van der Waals surface area contributed by atoms with E-state index in [1.54, 1.807) is 12.1 Å². The van der Waals surface area contributed by atoms with Gasteiger partial charge in [0.05, 0.1) is 12.5 Å². The summed E-state index contributed by atoms with van der Waals surface area (Å²) in [6.07, 6.45) is 4.31. The van der Waals surface area contributed by atoms with Gasteiger partial charge in [0.1, 0.15) is 17.3 Å². The van der Waals surface area contributed by atoms with E-state index in [0.717, 1.165) is 11.8 Å². The second-order valence-corrected chi connectivity index (χ2v) is 6.72. The fourth-order valence-electron chi connectivity index (χ4n) is 2.60. The first-order valence-electron chi connectivity index (χ1n) is 9.35. The molecule has 0 aliphatic heterocycles. The summed E-state index contributed by atoms with van der Waals surface area (Å²) in [7, 11) is 3.83. The highest BCUT2D eigenvalue weighted by atomic mass is 19.1. The van der Waals surface area contributed by atoms with E-state index < -0.39 is 17.6 Å². The Hall–Kier alpha value is -4.20. The maximum Gasteiger partial charge on any atom is 0.287 e. The summed E-state index contributed by atoms with van der Waals surface area (Å²) in [4.78, 5) is 27.2. The molecule has 0 aliphatic carbocycles. The molecule has 0 saturated carbocycles. The number of hydrogen-bond donors (Lipinski definition) is 2. The highest BCUT2D eigenvalue weighted by Crippen LogP contribution is 2.15. The van der Waals surface area contributed by atoms with Crippen molar-refractivity contribution in [2.24, 2.45) is 5.10 Å². The van der Waals surface area contributed by atoms with Crippen molar-refractivity contribution in [2.75, 3.05) is 19.0 Å². The molecule has 7 nitrogen and oxygen atoms in total. The molecular formula is C23H21FN4O3. The summed E-state index contributed by atoms with van der Waals surface area (Å²) in [6, 6.07) is 15.9. The maximum absolute atomic E-state index is 13.5. The number of nitrogens with zero attached hydrogens (tertiary/aromatic N) is 2. The molecule has 158 valence electrons. The van der Waals surface area contributed by atoms with E-state index in [2.05, 4.69) is 15.8 Å². The number of halogens is 1. The molecular weight excluding hydrogens is 399 g/mol. The van der Waals surface area contributed by atoms with Gasteiger partial charge in [-0.05, 0) is 54.1 Å². The Bertz CT molecular complexity index is 1100. The maximum atomic E-state index is 13.5. The van der Waals surface area contributed by atoms with Gasteiger partial charge >= 0.3 is 0 Å². The van der Waals surface area contributed by atoms with Crippen LogP contribution in [0.5, 0.6) is 0 Å². The van der Waals surface area contributed by atoms with Gasteiger partial charge in [-0.25, -0.2) is 9.82 Å². The summed E-state index contributed by atoms with van der Waals surface area (Å²) >= 11 is 0. The summed E-state index contributed by atoms with van der Waals surface area (Å²) in [6.45, 7) is 0. The standard InChI is InChI=1S/C23H21FN4O3/c1-28(2)19-10-8-16(9-11-19)13-21(23(30)27-25-15-20-7-4-12-31-20)26-22(29)17-5-3-6-18(24)14-17/h3-15H,1-2H3,(H,26,29)(H,27,30). The second kappa shape index (κ2) is 10.0. The molecule has 1 aromatic heterocycles. The topological polar surface area (TPSA) is 86.9 Å². The number of anilines is 1. The minimum Gasteiger partial charge on any atom is -0.463 e. The summed E-state index contributed by atoms with van der Waals surface area (Å²) in [5.41, 5.74) is 4.04. The third kappa shape index (κ3) is 6.14. The quantitative estimate of drug-likeness (QED) is 0.348. The molecule has 31 heavy (non-hydrogen) atoms. The molecule has 0 atom stereocenters. The molecule has 0 radical (unpaired) electrons.